The molecule has 0 aliphatic carbocycles. The number of hydrogen-bond acceptors (Lipinski definition) is 7. The molecule has 3 aromatic rings. The Kier molecular flexibility index (Phi) is 7.97. The molecule has 0 bridgehead atoms. The minimum absolute atomic E-state index is 0.248. The van der Waals surface area contributed by atoms with Gasteiger partial charge < -0.3 is 20.1 Å². The van der Waals surface area contributed by atoms with Crippen molar-refractivity contribution < 1.29 is 14.3 Å². The molecule has 0 saturated heterocycles. The number of hydrogen-bond donors (Lipinski definition) is 2. The zero-order valence-corrected chi connectivity index (χ0v) is 21.3. The third-order valence-electron chi connectivity index (χ3n) is 5.46. The van der Waals surface area contributed by atoms with E-state index in [1.54, 1.807) is 16.4 Å². The van der Waals surface area contributed by atoms with Crippen LogP contribution in [0.15, 0.2) is 65.0 Å². The third-order valence-corrected chi connectivity index (χ3v) is 6.51. The van der Waals surface area contributed by atoms with Gasteiger partial charge in [0.25, 0.3) is 5.91 Å². The number of carbonyl (C=O) groups excluding carboxylic acids is 1. The van der Waals surface area contributed by atoms with Crippen LogP contribution in [0.25, 0.3) is 0 Å². The highest BCUT2D eigenvalue weighted by molar-refractivity contribution is 7.99. The fourth-order valence-electron chi connectivity index (χ4n) is 4.00. The van der Waals surface area contributed by atoms with Crippen LogP contribution in [0.2, 0.25) is 0 Å². The summed E-state index contributed by atoms with van der Waals surface area (Å²) in [6.07, 6.45) is 1.02. The molecule has 2 aromatic carbocycles. The highest BCUT2D eigenvalue weighted by atomic mass is 32.2. The van der Waals surface area contributed by atoms with Crippen molar-refractivity contribution in [1.29, 1.82) is 0 Å². The van der Waals surface area contributed by atoms with Crippen molar-refractivity contribution in [2.75, 3.05) is 29.6 Å². The fourth-order valence-corrected chi connectivity index (χ4v) is 4.69. The van der Waals surface area contributed by atoms with Gasteiger partial charge in [-0.05, 0) is 45.4 Å². The first-order valence-corrected chi connectivity index (χ1v) is 12.9. The van der Waals surface area contributed by atoms with Crippen molar-refractivity contribution in [3.05, 3.63) is 65.4 Å². The number of nitrogens with zero attached hydrogens (tertiary/aromatic N) is 3. The molecule has 9 heteroatoms. The first-order chi connectivity index (χ1) is 17.1. The molecule has 0 fully saturated rings. The largest absolute Gasteiger partial charge is 0.494 e. The molecule has 2 N–H and O–H groups in total. The first kappa shape index (κ1) is 24.7. The Morgan fingerprint density at radius 2 is 1.74 bits per heavy atom. The summed E-state index contributed by atoms with van der Waals surface area (Å²) >= 11 is 1.60. The van der Waals surface area contributed by atoms with E-state index in [4.69, 9.17) is 14.6 Å². The maximum absolute atomic E-state index is 13.8. The summed E-state index contributed by atoms with van der Waals surface area (Å²) in [5.41, 5.74) is 2.70. The Balaban J connectivity index is 1.79. The molecule has 0 spiro atoms. The standard InChI is InChI=1S/C26H31N5O3S/c1-5-16-35-26-29-25-27-17(4)22(24(32)28-19-13-9-11-15-21(19)34-7-3)23(31(25)30-26)18-12-8-10-14-20(18)33-6-2/h8-15,23H,5-7,16H2,1-4H3,(H,28,32)(H,27,29,30). The van der Waals surface area contributed by atoms with Crippen LogP contribution in [0.3, 0.4) is 0 Å². The van der Waals surface area contributed by atoms with Gasteiger partial charge >= 0.3 is 0 Å². The SMILES string of the molecule is CCCSc1nc2n(n1)C(c1ccccc1OCC)C(C(=O)Nc1ccccc1OCC)=C(C)N2. The normalized spacial score (nSPS) is 14.8. The van der Waals surface area contributed by atoms with E-state index in [-0.39, 0.29) is 5.91 Å². The maximum atomic E-state index is 13.8. The number of rotatable bonds is 10. The van der Waals surface area contributed by atoms with Gasteiger partial charge in [-0.15, -0.1) is 5.10 Å². The number of thioether (sulfide) groups is 1. The maximum Gasteiger partial charge on any atom is 0.255 e. The Labute approximate surface area is 210 Å². The van der Waals surface area contributed by atoms with Gasteiger partial charge in [0.05, 0.1) is 24.5 Å². The van der Waals surface area contributed by atoms with Crippen LogP contribution in [0.4, 0.5) is 11.6 Å². The number of benzene rings is 2. The summed E-state index contributed by atoms with van der Waals surface area (Å²) in [4.78, 5) is 18.5. The highest BCUT2D eigenvalue weighted by Gasteiger charge is 2.36. The van der Waals surface area contributed by atoms with Gasteiger partial charge in [0.1, 0.15) is 17.5 Å². The lowest BCUT2D eigenvalue weighted by Gasteiger charge is -2.29. The van der Waals surface area contributed by atoms with Crippen molar-refractivity contribution in [3.8, 4) is 11.5 Å². The van der Waals surface area contributed by atoms with E-state index in [1.807, 2.05) is 69.3 Å². The zero-order chi connectivity index (χ0) is 24.8. The molecule has 0 radical (unpaired) electrons. The molecule has 35 heavy (non-hydrogen) atoms. The van der Waals surface area contributed by atoms with Crippen LogP contribution in [0.5, 0.6) is 11.5 Å². The average Bonchev–Trinajstić information content (AvgIpc) is 3.26. The van der Waals surface area contributed by atoms with Crippen molar-refractivity contribution in [3.63, 3.8) is 0 Å². The number of fused-ring (bicyclic) bond motifs is 1. The van der Waals surface area contributed by atoms with Crippen LogP contribution >= 0.6 is 11.8 Å². The van der Waals surface area contributed by atoms with Gasteiger partial charge in [-0.2, -0.15) is 4.98 Å². The van der Waals surface area contributed by atoms with E-state index < -0.39 is 6.04 Å². The molecular weight excluding hydrogens is 462 g/mol. The molecule has 8 nitrogen and oxygen atoms in total. The molecule has 2 heterocycles. The van der Waals surface area contributed by atoms with Crippen molar-refractivity contribution in [2.45, 2.75) is 45.3 Å². The third kappa shape index (κ3) is 5.30. The summed E-state index contributed by atoms with van der Waals surface area (Å²) in [5, 5.41) is 11.8. The molecule has 1 aromatic heterocycles. The number of anilines is 2. The summed E-state index contributed by atoms with van der Waals surface area (Å²) in [5.74, 6) is 2.60. The smallest absolute Gasteiger partial charge is 0.255 e. The lowest BCUT2D eigenvalue weighted by Crippen LogP contribution is -2.32. The monoisotopic (exact) mass is 493 g/mol. The lowest BCUT2D eigenvalue weighted by molar-refractivity contribution is -0.113. The number of ether oxygens (including phenoxy) is 2. The minimum Gasteiger partial charge on any atom is -0.494 e. The fraction of sp³-hybridized carbons (Fsp3) is 0.346. The van der Waals surface area contributed by atoms with Crippen molar-refractivity contribution in [1.82, 2.24) is 14.8 Å². The number of amides is 1. The Morgan fingerprint density at radius 3 is 2.49 bits per heavy atom. The van der Waals surface area contributed by atoms with Gasteiger partial charge in [-0.25, -0.2) is 4.68 Å². The van der Waals surface area contributed by atoms with E-state index in [2.05, 4.69) is 22.5 Å². The van der Waals surface area contributed by atoms with E-state index in [1.165, 1.54) is 0 Å². The van der Waals surface area contributed by atoms with Gasteiger partial charge in [-0.1, -0.05) is 49.0 Å². The first-order valence-electron chi connectivity index (χ1n) is 11.9. The van der Waals surface area contributed by atoms with Crippen molar-refractivity contribution in [2.24, 2.45) is 0 Å². The second-order valence-corrected chi connectivity index (χ2v) is 8.99. The molecule has 1 atom stereocenters. The Hall–Kier alpha value is -3.46. The summed E-state index contributed by atoms with van der Waals surface area (Å²) in [6, 6.07) is 14.7. The molecule has 1 amide bonds. The molecular formula is C26H31N5O3S. The number of carbonyl (C=O) groups is 1. The van der Waals surface area contributed by atoms with Crippen LogP contribution in [-0.2, 0) is 4.79 Å². The second kappa shape index (κ2) is 11.3. The number of para-hydroxylation sites is 3. The summed E-state index contributed by atoms with van der Waals surface area (Å²) in [7, 11) is 0. The predicted molar refractivity (Wildman–Crippen MR) is 139 cm³/mol. The molecule has 0 saturated carbocycles. The van der Waals surface area contributed by atoms with E-state index >= 15 is 0 Å². The summed E-state index contributed by atoms with van der Waals surface area (Å²) < 4.78 is 13.4. The molecule has 1 aliphatic heterocycles. The topological polar surface area (TPSA) is 90.3 Å². The zero-order valence-electron chi connectivity index (χ0n) is 20.5. The van der Waals surface area contributed by atoms with Gasteiger partial charge in [0.15, 0.2) is 0 Å². The molecule has 4 rings (SSSR count). The van der Waals surface area contributed by atoms with Crippen LogP contribution in [-0.4, -0.2) is 39.6 Å². The van der Waals surface area contributed by atoms with Crippen molar-refractivity contribution >= 4 is 29.3 Å². The minimum atomic E-state index is -0.517. The predicted octanol–water partition coefficient (Wildman–Crippen LogP) is 5.51. The number of nitrogens with one attached hydrogen (secondary N) is 2. The Morgan fingerprint density at radius 1 is 1.06 bits per heavy atom. The van der Waals surface area contributed by atoms with Crippen LogP contribution < -0.4 is 20.1 Å². The number of allylic oxidation sites excluding steroid dienone is 1. The van der Waals surface area contributed by atoms with Crippen LogP contribution in [0, 0.1) is 0 Å². The van der Waals surface area contributed by atoms with E-state index in [9.17, 15) is 4.79 Å². The van der Waals surface area contributed by atoms with Gasteiger partial charge in [0.2, 0.25) is 11.1 Å². The van der Waals surface area contributed by atoms with Crippen LogP contribution in [0.1, 0.15) is 45.7 Å². The number of aromatic nitrogens is 3. The molecule has 184 valence electrons. The average molecular weight is 494 g/mol. The summed E-state index contributed by atoms with van der Waals surface area (Å²) in [6.45, 7) is 8.88. The molecule has 1 aliphatic rings. The highest BCUT2D eigenvalue weighted by Crippen LogP contribution is 2.40. The van der Waals surface area contributed by atoms with E-state index in [0.29, 0.717) is 52.8 Å². The Bertz CT molecular complexity index is 1220. The molecule has 1 unspecified atom stereocenters. The van der Waals surface area contributed by atoms with E-state index in [0.717, 1.165) is 17.7 Å². The second-order valence-electron chi connectivity index (χ2n) is 7.93. The lowest BCUT2D eigenvalue weighted by atomic mass is 9.94. The van der Waals surface area contributed by atoms with Gasteiger partial charge in [-0.3, -0.25) is 4.79 Å². The quantitative estimate of drug-likeness (QED) is 0.360. The van der Waals surface area contributed by atoms with Gasteiger partial charge in [0, 0.05) is 17.0 Å².